The Hall–Kier alpha value is -1.51. The fourth-order valence-electron chi connectivity index (χ4n) is 1.87. The lowest BCUT2D eigenvalue weighted by atomic mass is 10.1. The molecule has 0 aliphatic rings. The Balaban J connectivity index is 2.44. The Bertz CT molecular complexity index is 735. The van der Waals surface area contributed by atoms with Gasteiger partial charge in [0.15, 0.2) is 0 Å². The summed E-state index contributed by atoms with van der Waals surface area (Å²) in [5.41, 5.74) is 2.07. The number of sulfonamides is 1. The molecule has 0 unspecified atom stereocenters. The van der Waals surface area contributed by atoms with E-state index in [9.17, 15) is 8.42 Å². The van der Waals surface area contributed by atoms with E-state index in [1.165, 1.54) is 18.7 Å². The molecule has 0 aliphatic carbocycles. The molecular formula is C13H15BrN4O2S. The minimum atomic E-state index is -3.71. The van der Waals surface area contributed by atoms with E-state index in [2.05, 4.69) is 35.9 Å². The van der Waals surface area contributed by atoms with Crippen LogP contribution in [0.15, 0.2) is 40.2 Å². The van der Waals surface area contributed by atoms with Gasteiger partial charge in [-0.2, -0.15) is 0 Å². The monoisotopic (exact) mass is 370 g/mol. The number of anilines is 1. The van der Waals surface area contributed by atoms with Gasteiger partial charge in [-0.1, -0.05) is 6.07 Å². The van der Waals surface area contributed by atoms with Gasteiger partial charge in [-0.15, -0.1) is 0 Å². The van der Waals surface area contributed by atoms with Crippen LogP contribution in [0.5, 0.6) is 0 Å². The normalized spacial score (nSPS) is 11.4. The van der Waals surface area contributed by atoms with Crippen LogP contribution in [0.2, 0.25) is 0 Å². The molecule has 1 aromatic heterocycles. The van der Waals surface area contributed by atoms with Crippen LogP contribution in [0.3, 0.4) is 0 Å². The van der Waals surface area contributed by atoms with Gasteiger partial charge in [0.25, 0.3) is 10.0 Å². The summed E-state index contributed by atoms with van der Waals surface area (Å²) in [4.78, 5) is 7.77. The number of nitrogens with zero attached hydrogens (tertiary/aromatic N) is 2. The topological polar surface area (TPSA) is 84.0 Å². The Morgan fingerprint density at radius 3 is 2.52 bits per heavy atom. The van der Waals surface area contributed by atoms with E-state index in [4.69, 9.17) is 0 Å². The molecule has 0 radical (unpaired) electrons. The summed E-state index contributed by atoms with van der Waals surface area (Å²) in [6.45, 7) is 2.44. The van der Waals surface area contributed by atoms with Gasteiger partial charge >= 0.3 is 0 Å². The van der Waals surface area contributed by atoms with Crippen LogP contribution in [0.25, 0.3) is 0 Å². The molecule has 8 heteroatoms. The Morgan fingerprint density at radius 2 is 1.90 bits per heavy atom. The van der Waals surface area contributed by atoms with Crippen molar-refractivity contribution in [2.75, 3.05) is 11.8 Å². The minimum Gasteiger partial charge on any atom is -0.316 e. The maximum absolute atomic E-state index is 12.5. The number of hydrogen-bond acceptors (Lipinski definition) is 5. The lowest BCUT2D eigenvalue weighted by Crippen LogP contribution is -2.15. The molecular weight excluding hydrogens is 356 g/mol. The fraction of sp³-hybridized carbons (Fsp3) is 0.231. The third kappa shape index (κ3) is 3.78. The zero-order valence-electron chi connectivity index (χ0n) is 11.6. The molecule has 21 heavy (non-hydrogen) atoms. The molecule has 0 saturated carbocycles. The maximum atomic E-state index is 12.5. The summed E-state index contributed by atoms with van der Waals surface area (Å²) >= 11 is 3.34. The molecule has 0 bridgehead atoms. The Kier molecular flexibility index (Phi) is 4.92. The van der Waals surface area contributed by atoms with Gasteiger partial charge in [0.1, 0.15) is 11.2 Å². The van der Waals surface area contributed by atoms with Crippen molar-refractivity contribution < 1.29 is 8.42 Å². The third-order valence-electron chi connectivity index (χ3n) is 2.76. The van der Waals surface area contributed by atoms with E-state index in [-0.39, 0.29) is 4.90 Å². The standard InChI is InChI=1S/C13H15BrN4O2S/c1-9-3-10(5-15-2)4-12(13(9)14)21(19,20)18-11-6-16-8-17-7-11/h3-4,6-8,15,18H,5H2,1-2H3. The van der Waals surface area contributed by atoms with Crippen molar-refractivity contribution in [3.05, 3.63) is 46.5 Å². The van der Waals surface area contributed by atoms with E-state index in [1.807, 2.05) is 20.0 Å². The maximum Gasteiger partial charge on any atom is 0.263 e. The van der Waals surface area contributed by atoms with Gasteiger partial charge in [-0.05, 0) is 47.1 Å². The van der Waals surface area contributed by atoms with Crippen molar-refractivity contribution in [2.45, 2.75) is 18.4 Å². The van der Waals surface area contributed by atoms with Crippen molar-refractivity contribution in [2.24, 2.45) is 0 Å². The number of hydrogen-bond donors (Lipinski definition) is 2. The highest BCUT2D eigenvalue weighted by Crippen LogP contribution is 2.28. The van der Waals surface area contributed by atoms with E-state index >= 15 is 0 Å². The van der Waals surface area contributed by atoms with Crippen LogP contribution in [-0.4, -0.2) is 25.4 Å². The lowest BCUT2D eigenvalue weighted by Gasteiger charge is -2.13. The molecule has 112 valence electrons. The summed E-state index contributed by atoms with van der Waals surface area (Å²) in [5, 5.41) is 3.01. The van der Waals surface area contributed by atoms with Crippen LogP contribution in [0, 0.1) is 6.92 Å². The second-order valence-electron chi connectivity index (χ2n) is 4.49. The fourth-order valence-corrected chi connectivity index (χ4v) is 3.97. The minimum absolute atomic E-state index is 0.191. The van der Waals surface area contributed by atoms with Crippen LogP contribution >= 0.6 is 15.9 Å². The zero-order chi connectivity index (χ0) is 15.5. The highest BCUT2D eigenvalue weighted by atomic mass is 79.9. The summed E-state index contributed by atoms with van der Waals surface area (Å²) < 4.78 is 28.0. The first-order chi connectivity index (χ1) is 9.94. The molecule has 1 heterocycles. The van der Waals surface area contributed by atoms with Crippen molar-refractivity contribution in [1.82, 2.24) is 15.3 Å². The zero-order valence-corrected chi connectivity index (χ0v) is 14.0. The van der Waals surface area contributed by atoms with Crippen molar-refractivity contribution in [3.63, 3.8) is 0 Å². The summed E-state index contributed by atoms with van der Waals surface area (Å²) in [6.07, 6.45) is 4.15. The second-order valence-corrected chi connectivity index (χ2v) is 6.93. The molecule has 0 fully saturated rings. The van der Waals surface area contributed by atoms with Gasteiger partial charge in [0.2, 0.25) is 0 Å². The number of halogens is 1. The second kappa shape index (κ2) is 6.50. The van der Waals surface area contributed by atoms with E-state index in [0.717, 1.165) is 11.1 Å². The Morgan fingerprint density at radius 1 is 1.24 bits per heavy atom. The highest BCUT2D eigenvalue weighted by molar-refractivity contribution is 9.10. The molecule has 0 atom stereocenters. The first-order valence-corrected chi connectivity index (χ1v) is 8.43. The third-order valence-corrected chi connectivity index (χ3v) is 5.48. The molecule has 0 aliphatic heterocycles. The van der Waals surface area contributed by atoms with Crippen LogP contribution in [0.1, 0.15) is 11.1 Å². The first kappa shape index (κ1) is 15.9. The van der Waals surface area contributed by atoms with Gasteiger partial charge in [0, 0.05) is 11.0 Å². The average molecular weight is 371 g/mol. The van der Waals surface area contributed by atoms with Gasteiger partial charge in [-0.3, -0.25) is 4.72 Å². The molecule has 1 aromatic carbocycles. The molecule has 0 amide bonds. The smallest absolute Gasteiger partial charge is 0.263 e. The molecule has 2 aromatic rings. The number of aryl methyl sites for hydroxylation is 1. The van der Waals surface area contributed by atoms with E-state index in [1.54, 1.807) is 6.07 Å². The Labute approximate surface area is 132 Å². The molecule has 2 N–H and O–H groups in total. The largest absolute Gasteiger partial charge is 0.316 e. The number of benzene rings is 1. The van der Waals surface area contributed by atoms with E-state index < -0.39 is 10.0 Å². The highest BCUT2D eigenvalue weighted by Gasteiger charge is 2.20. The number of rotatable bonds is 5. The van der Waals surface area contributed by atoms with Gasteiger partial charge in [0.05, 0.1) is 18.1 Å². The molecule has 6 nitrogen and oxygen atoms in total. The van der Waals surface area contributed by atoms with Crippen molar-refractivity contribution in [1.29, 1.82) is 0 Å². The van der Waals surface area contributed by atoms with Crippen molar-refractivity contribution in [3.8, 4) is 0 Å². The molecule has 0 spiro atoms. The predicted molar refractivity (Wildman–Crippen MR) is 84.5 cm³/mol. The van der Waals surface area contributed by atoms with Gasteiger partial charge < -0.3 is 5.32 Å². The van der Waals surface area contributed by atoms with Crippen LogP contribution < -0.4 is 10.0 Å². The number of nitrogens with one attached hydrogen (secondary N) is 2. The quantitative estimate of drug-likeness (QED) is 0.841. The summed E-state index contributed by atoms with van der Waals surface area (Å²) in [5.74, 6) is 0. The predicted octanol–water partition coefficient (Wildman–Crippen LogP) is 2.07. The number of aromatic nitrogens is 2. The van der Waals surface area contributed by atoms with Crippen molar-refractivity contribution >= 4 is 31.6 Å². The van der Waals surface area contributed by atoms with Crippen LogP contribution in [-0.2, 0) is 16.6 Å². The van der Waals surface area contributed by atoms with E-state index in [0.29, 0.717) is 16.7 Å². The SMILES string of the molecule is CNCc1cc(C)c(Br)c(S(=O)(=O)Nc2cncnc2)c1. The molecule has 2 rings (SSSR count). The first-order valence-electron chi connectivity index (χ1n) is 6.15. The molecule has 0 saturated heterocycles. The van der Waals surface area contributed by atoms with Gasteiger partial charge in [-0.25, -0.2) is 18.4 Å². The van der Waals surface area contributed by atoms with Crippen LogP contribution in [0.4, 0.5) is 5.69 Å². The summed E-state index contributed by atoms with van der Waals surface area (Å²) in [7, 11) is -1.90. The summed E-state index contributed by atoms with van der Waals surface area (Å²) in [6, 6.07) is 3.57. The average Bonchev–Trinajstić information content (AvgIpc) is 2.43. The lowest BCUT2D eigenvalue weighted by molar-refractivity contribution is 0.600.